The zero-order valence-corrected chi connectivity index (χ0v) is 19.8. The Labute approximate surface area is 193 Å². The molecule has 0 aliphatic carbocycles. The number of phenols is 1. The van der Waals surface area contributed by atoms with Crippen molar-refractivity contribution >= 4 is 72.4 Å². The lowest BCUT2D eigenvalue weighted by atomic mass is 10.2. The largest absolute Gasteiger partial charge is 0.503 e. The second-order valence-electron chi connectivity index (χ2n) is 6.05. The van der Waals surface area contributed by atoms with Crippen LogP contribution >= 0.6 is 43.6 Å². The number of methoxy groups -OCH3 is 1. The Morgan fingerprint density at radius 3 is 2.50 bits per heavy atom. The fraction of sp³-hybridized carbons (Fsp3) is 0.150. The molecule has 0 aromatic heterocycles. The molecule has 1 saturated heterocycles. The predicted octanol–water partition coefficient (Wildman–Crippen LogP) is 5.25. The van der Waals surface area contributed by atoms with Crippen LogP contribution in [-0.4, -0.2) is 45.8 Å². The number of aromatic carboxylic acids is 1. The molecule has 10 heteroatoms. The predicted molar refractivity (Wildman–Crippen MR) is 124 cm³/mol. The Kier molecular flexibility index (Phi) is 6.89. The van der Waals surface area contributed by atoms with Crippen LogP contribution in [0.4, 0.5) is 5.69 Å². The summed E-state index contributed by atoms with van der Waals surface area (Å²) >= 11 is 7.95. The van der Waals surface area contributed by atoms with Gasteiger partial charge in [-0.15, -0.1) is 0 Å². The Morgan fingerprint density at radius 2 is 1.93 bits per heavy atom. The number of carbonyl (C=O) groups is 2. The van der Waals surface area contributed by atoms with Crippen LogP contribution < -0.4 is 4.74 Å². The summed E-state index contributed by atoms with van der Waals surface area (Å²) in [6, 6.07) is 7.74. The van der Waals surface area contributed by atoms with Gasteiger partial charge in [0.05, 0.1) is 27.7 Å². The summed E-state index contributed by atoms with van der Waals surface area (Å²) in [6.45, 7) is 2.28. The number of carbonyl (C=O) groups excluding carboxylic acids is 1. The average Bonchev–Trinajstić information content (AvgIpc) is 3.02. The first-order valence-corrected chi connectivity index (χ1v) is 11.1. The molecule has 1 heterocycles. The molecule has 2 N–H and O–H groups in total. The quantitative estimate of drug-likeness (QED) is 0.489. The Balaban J connectivity index is 1.98. The molecule has 3 rings (SSSR count). The van der Waals surface area contributed by atoms with Crippen LogP contribution in [-0.2, 0) is 4.79 Å². The van der Waals surface area contributed by atoms with E-state index in [0.29, 0.717) is 36.8 Å². The van der Waals surface area contributed by atoms with Crippen molar-refractivity contribution in [3.8, 4) is 11.5 Å². The van der Waals surface area contributed by atoms with Gasteiger partial charge in [-0.1, -0.05) is 0 Å². The minimum Gasteiger partial charge on any atom is -0.503 e. The van der Waals surface area contributed by atoms with Crippen molar-refractivity contribution in [2.24, 2.45) is 4.99 Å². The van der Waals surface area contributed by atoms with Crippen molar-refractivity contribution in [1.82, 2.24) is 4.90 Å². The molecule has 1 aliphatic rings. The number of phenolic OH excluding ortho intramolecular Hbond substituents is 1. The summed E-state index contributed by atoms with van der Waals surface area (Å²) in [5.74, 6) is -0.981. The fourth-order valence-corrected chi connectivity index (χ4v) is 4.57. The van der Waals surface area contributed by atoms with Crippen molar-refractivity contribution in [1.29, 1.82) is 0 Å². The Bertz CT molecular complexity index is 1080. The maximum absolute atomic E-state index is 12.9. The first-order chi connectivity index (χ1) is 14.3. The Morgan fingerprint density at radius 1 is 1.27 bits per heavy atom. The van der Waals surface area contributed by atoms with E-state index in [2.05, 4.69) is 36.9 Å². The fourth-order valence-electron chi connectivity index (χ4n) is 2.67. The minimum absolute atomic E-state index is 0.0424. The summed E-state index contributed by atoms with van der Waals surface area (Å²) in [4.78, 5) is 30.4. The van der Waals surface area contributed by atoms with Gasteiger partial charge in [-0.3, -0.25) is 9.69 Å². The highest BCUT2D eigenvalue weighted by atomic mass is 79.9. The second-order valence-corrected chi connectivity index (χ2v) is 8.65. The molecular formula is C20H16Br2N2O5S. The maximum Gasteiger partial charge on any atom is 0.335 e. The van der Waals surface area contributed by atoms with Crippen LogP contribution in [0.1, 0.15) is 22.8 Å². The number of hydrogen-bond acceptors (Lipinski definition) is 6. The summed E-state index contributed by atoms with van der Waals surface area (Å²) in [5, 5.41) is 19.6. The van der Waals surface area contributed by atoms with Gasteiger partial charge < -0.3 is 14.9 Å². The lowest BCUT2D eigenvalue weighted by Crippen LogP contribution is -2.28. The zero-order chi connectivity index (χ0) is 22.0. The molecule has 0 radical (unpaired) electrons. The van der Waals surface area contributed by atoms with Crippen LogP contribution in [0.15, 0.2) is 49.2 Å². The molecule has 0 atom stereocenters. The molecule has 1 aliphatic heterocycles. The third-order valence-corrected chi connectivity index (χ3v) is 7.39. The molecule has 0 saturated carbocycles. The number of amides is 1. The Hall–Kier alpha value is -2.30. The average molecular weight is 556 g/mol. The first kappa shape index (κ1) is 22.4. The van der Waals surface area contributed by atoms with Crippen LogP contribution in [0.5, 0.6) is 11.5 Å². The smallest absolute Gasteiger partial charge is 0.335 e. The van der Waals surface area contributed by atoms with Crippen molar-refractivity contribution < 1.29 is 24.5 Å². The van der Waals surface area contributed by atoms with Gasteiger partial charge in [0.15, 0.2) is 16.7 Å². The van der Waals surface area contributed by atoms with Crippen molar-refractivity contribution in [3.05, 3.63) is 55.3 Å². The van der Waals surface area contributed by atoms with E-state index in [4.69, 9.17) is 9.84 Å². The molecule has 156 valence electrons. The highest BCUT2D eigenvalue weighted by Crippen LogP contribution is 2.43. The highest BCUT2D eigenvalue weighted by Gasteiger charge is 2.32. The summed E-state index contributed by atoms with van der Waals surface area (Å²) in [6.07, 6.45) is 1.70. The van der Waals surface area contributed by atoms with E-state index in [1.54, 1.807) is 29.2 Å². The van der Waals surface area contributed by atoms with Gasteiger partial charge in [-0.2, -0.15) is 0 Å². The summed E-state index contributed by atoms with van der Waals surface area (Å²) in [5.41, 5.74) is 1.36. The maximum atomic E-state index is 12.9. The molecule has 30 heavy (non-hydrogen) atoms. The molecule has 2 aromatic carbocycles. The molecule has 0 bridgehead atoms. The van der Waals surface area contributed by atoms with Gasteiger partial charge in [0, 0.05) is 11.0 Å². The number of benzene rings is 2. The number of carboxylic acids is 1. The number of rotatable bonds is 5. The number of nitrogens with zero attached hydrogens (tertiary/aromatic N) is 2. The zero-order valence-electron chi connectivity index (χ0n) is 15.8. The van der Waals surface area contributed by atoms with Gasteiger partial charge >= 0.3 is 5.97 Å². The second kappa shape index (κ2) is 9.23. The summed E-state index contributed by atoms with van der Waals surface area (Å²) < 4.78 is 6.19. The van der Waals surface area contributed by atoms with Crippen LogP contribution in [0, 0.1) is 0 Å². The molecule has 0 unspecified atom stereocenters. The monoisotopic (exact) mass is 554 g/mol. The minimum atomic E-state index is -1.01. The molecule has 1 amide bonds. The van der Waals surface area contributed by atoms with E-state index in [1.165, 1.54) is 31.0 Å². The number of likely N-dealkylation sites (N-methyl/N-ethyl adjacent to an activating group) is 1. The van der Waals surface area contributed by atoms with Crippen LogP contribution in [0.2, 0.25) is 0 Å². The molecule has 2 aromatic rings. The van der Waals surface area contributed by atoms with E-state index in [0.717, 1.165) is 0 Å². The topological polar surface area (TPSA) is 99.4 Å². The number of thioether (sulfide) groups is 1. The lowest BCUT2D eigenvalue weighted by molar-refractivity contribution is -0.122. The van der Waals surface area contributed by atoms with Crippen molar-refractivity contribution in [2.75, 3.05) is 13.7 Å². The van der Waals surface area contributed by atoms with Gasteiger partial charge in [-0.05, 0) is 92.5 Å². The first-order valence-electron chi connectivity index (χ1n) is 8.65. The number of carboxylic acid groups (broad SMARTS) is 1. The van der Waals surface area contributed by atoms with E-state index in [-0.39, 0.29) is 23.0 Å². The number of ether oxygens (including phenoxy) is 1. The number of halogens is 2. The standard InChI is InChI=1S/C20H16Br2N2O5S/c1-3-24-18(26)14(9-11-8-13(29-2)17(25)16(22)15(11)21)30-20(24)23-12-6-4-10(5-7-12)19(27)28/h4-9,25H,3H2,1-2H3,(H,27,28). The van der Waals surface area contributed by atoms with Crippen molar-refractivity contribution in [2.45, 2.75) is 6.92 Å². The molecule has 1 fully saturated rings. The number of aromatic hydroxyl groups is 1. The van der Waals surface area contributed by atoms with E-state index >= 15 is 0 Å². The molecular weight excluding hydrogens is 540 g/mol. The normalized spacial score (nSPS) is 16.5. The van der Waals surface area contributed by atoms with Crippen molar-refractivity contribution in [3.63, 3.8) is 0 Å². The number of hydrogen-bond donors (Lipinski definition) is 2. The van der Waals surface area contributed by atoms with Gasteiger partial charge in [0.1, 0.15) is 0 Å². The highest BCUT2D eigenvalue weighted by molar-refractivity contribution is 9.13. The number of aliphatic imine (C=N–C) groups is 1. The molecule has 7 nitrogen and oxygen atoms in total. The molecule has 0 spiro atoms. The van der Waals surface area contributed by atoms with Crippen LogP contribution in [0.3, 0.4) is 0 Å². The van der Waals surface area contributed by atoms with Gasteiger partial charge in [0.2, 0.25) is 0 Å². The SMILES string of the molecule is CCN1C(=O)C(=Cc2cc(OC)c(O)c(Br)c2Br)SC1=Nc1ccc(C(=O)O)cc1. The van der Waals surface area contributed by atoms with Gasteiger partial charge in [0.25, 0.3) is 5.91 Å². The summed E-state index contributed by atoms with van der Waals surface area (Å²) in [7, 11) is 1.45. The van der Waals surface area contributed by atoms with Gasteiger partial charge in [-0.25, -0.2) is 9.79 Å². The van der Waals surface area contributed by atoms with E-state index in [1.807, 2.05) is 6.92 Å². The van der Waals surface area contributed by atoms with E-state index < -0.39 is 5.97 Å². The van der Waals surface area contributed by atoms with Crippen LogP contribution in [0.25, 0.3) is 6.08 Å². The van der Waals surface area contributed by atoms with E-state index in [9.17, 15) is 14.7 Å². The lowest BCUT2D eigenvalue weighted by Gasteiger charge is -2.12. The third-order valence-electron chi connectivity index (χ3n) is 4.22. The number of amidine groups is 1. The third kappa shape index (κ3) is 4.40.